The molecule has 0 radical (unpaired) electrons. The Bertz CT molecular complexity index is 584. The fraction of sp³-hybridized carbons (Fsp3) is 0. The first-order valence-corrected chi connectivity index (χ1v) is 5.55. The predicted molar refractivity (Wildman–Crippen MR) is 64.5 cm³/mol. The van der Waals surface area contributed by atoms with Crippen molar-refractivity contribution in [2.24, 2.45) is 4.99 Å². The van der Waals surface area contributed by atoms with Gasteiger partial charge in [-0.3, -0.25) is 0 Å². The van der Waals surface area contributed by atoms with Crippen LogP contribution in [0, 0.1) is 11.8 Å². The quantitative estimate of drug-likeness (QED) is 0.416. The fourth-order valence-electron chi connectivity index (χ4n) is 1.20. The Morgan fingerprint density at radius 2 is 2.00 bits per heavy atom. The molecule has 1 aromatic heterocycles. The molecule has 2 aromatic rings. The van der Waals surface area contributed by atoms with Gasteiger partial charge in [0.05, 0.1) is 11.3 Å². The van der Waals surface area contributed by atoms with Crippen LogP contribution in [0.4, 0.5) is 5.69 Å². The van der Waals surface area contributed by atoms with E-state index in [4.69, 9.17) is 0 Å². The lowest BCUT2D eigenvalue weighted by molar-refractivity contribution is 0.565. The third kappa shape index (κ3) is 2.46. The summed E-state index contributed by atoms with van der Waals surface area (Å²) in [6.45, 7) is 0. The van der Waals surface area contributed by atoms with Crippen molar-refractivity contribution < 1.29 is 4.79 Å². The van der Waals surface area contributed by atoms with Crippen molar-refractivity contribution in [3.8, 4) is 11.8 Å². The van der Waals surface area contributed by atoms with Gasteiger partial charge in [0, 0.05) is 10.9 Å². The molecule has 1 aromatic carbocycles. The highest BCUT2D eigenvalue weighted by Crippen LogP contribution is 2.16. The highest BCUT2D eigenvalue weighted by molar-refractivity contribution is 7.08. The molecule has 2 nitrogen and oxygen atoms in total. The number of aliphatic imine (C=N–C) groups is 1. The second-order valence-corrected chi connectivity index (χ2v) is 3.76. The van der Waals surface area contributed by atoms with Gasteiger partial charge in [-0.1, -0.05) is 24.0 Å². The van der Waals surface area contributed by atoms with Gasteiger partial charge < -0.3 is 0 Å². The Morgan fingerprint density at radius 3 is 2.75 bits per heavy atom. The molecule has 76 valence electrons. The van der Waals surface area contributed by atoms with Crippen LogP contribution in [0.3, 0.4) is 0 Å². The van der Waals surface area contributed by atoms with Crippen LogP contribution in [-0.2, 0) is 4.79 Å². The molecule has 0 bridgehead atoms. The molecule has 0 atom stereocenters. The topological polar surface area (TPSA) is 29.4 Å². The zero-order valence-corrected chi connectivity index (χ0v) is 9.12. The summed E-state index contributed by atoms with van der Waals surface area (Å²) >= 11 is 1.60. The van der Waals surface area contributed by atoms with Gasteiger partial charge in [0.25, 0.3) is 0 Å². The van der Waals surface area contributed by atoms with Crippen molar-refractivity contribution >= 4 is 23.1 Å². The summed E-state index contributed by atoms with van der Waals surface area (Å²) in [5.74, 6) is 5.99. The average molecular weight is 225 g/mol. The predicted octanol–water partition coefficient (Wildman–Crippen LogP) is 3.12. The minimum Gasteiger partial charge on any atom is -0.211 e. The summed E-state index contributed by atoms with van der Waals surface area (Å²) in [5.41, 5.74) is 2.26. The zero-order valence-electron chi connectivity index (χ0n) is 8.31. The van der Waals surface area contributed by atoms with Gasteiger partial charge in [-0.25, -0.2) is 4.79 Å². The molecule has 0 saturated carbocycles. The molecular formula is C13H7NOS. The molecule has 0 fully saturated rings. The van der Waals surface area contributed by atoms with Gasteiger partial charge in [-0.05, 0) is 23.6 Å². The third-order valence-electron chi connectivity index (χ3n) is 1.93. The van der Waals surface area contributed by atoms with Crippen LogP contribution in [0.5, 0.6) is 0 Å². The number of carbonyl (C=O) groups excluding carboxylic acids is 1. The van der Waals surface area contributed by atoms with Crippen molar-refractivity contribution in [3.05, 3.63) is 52.2 Å². The number of thiophene rings is 1. The minimum atomic E-state index is 0.556. The van der Waals surface area contributed by atoms with E-state index in [-0.39, 0.29) is 0 Å². The van der Waals surface area contributed by atoms with E-state index in [1.165, 1.54) is 6.08 Å². The lowest BCUT2D eigenvalue weighted by atomic mass is 10.2. The van der Waals surface area contributed by atoms with Crippen LogP contribution >= 0.6 is 11.3 Å². The monoisotopic (exact) mass is 225 g/mol. The standard InChI is InChI=1S/C13H7NOS/c15-10-14-13-4-2-1-3-12(13)6-5-11-7-8-16-9-11/h1-4,7-9H. The maximum Gasteiger partial charge on any atom is 0.240 e. The maximum absolute atomic E-state index is 10.2. The normalized spacial score (nSPS) is 8.75. The Kier molecular flexibility index (Phi) is 3.30. The van der Waals surface area contributed by atoms with Gasteiger partial charge in [-0.15, -0.1) is 0 Å². The fourth-order valence-corrected chi connectivity index (χ4v) is 1.79. The molecule has 0 amide bonds. The first kappa shape index (κ1) is 10.4. The molecular weight excluding hydrogens is 218 g/mol. The molecule has 0 N–H and O–H groups in total. The summed E-state index contributed by atoms with van der Waals surface area (Å²) in [7, 11) is 0. The van der Waals surface area contributed by atoms with Crippen molar-refractivity contribution in [1.82, 2.24) is 0 Å². The summed E-state index contributed by atoms with van der Waals surface area (Å²) in [6, 6.07) is 9.19. The minimum absolute atomic E-state index is 0.556. The molecule has 0 aliphatic rings. The number of para-hydroxylation sites is 1. The van der Waals surface area contributed by atoms with Crippen LogP contribution in [0.15, 0.2) is 46.1 Å². The van der Waals surface area contributed by atoms with E-state index in [1.807, 2.05) is 35.0 Å². The second-order valence-electron chi connectivity index (χ2n) is 2.98. The van der Waals surface area contributed by atoms with E-state index in [1.54, 1.807) is 17.4 Å². The highest BCUT2D eigenvalue weighted by Gasteiger charge is 1.95. The Balaban J connectivity index is 2.37. The molecule has 0 saturated heterocycles. The lowest BCUT2D eigenvalue weighted by Crippen LogP contribution is -1.75. The number of hydrogen-bond acceptors (Lipinski definition) is 3. The molecule has 0 unspecified atom stereocenters. The van der Waals surface area contributed by atoms with E-state index in [0.29, 0.717) is 5.69 Å². The Labute approximate surface area is 97.3 Å². The van der Waals surface area contributed by atoms with Crippen LogP contribution < -0.4 is 0 Å². The first-order valence-electron chi connectivity index (χ1n) is 4.61. The number of isocyanates is 1. The highest BCUT2D eigenvalue weighted by atomic mass is 32.1. The molecule has 0 aliphatic carbocycles. The summed E-state index contributed by atoms with van der Waals surface area (Å²) < 4.78 is 0. The molecule has 2 rings (SSSR count). The molecule has 0 aliphatic heterocycles. The number of benzene rings is 1. The van der Waals surface area contributed by atoms with E-state index < -0.39 is 0 Å². The third-order valence-corrected chi connectivity index (χ3v) is 2.62. The van der Waals surface area contributed by atoms with E-state index in [9.17, 15) is 4.79 Å². The Morgan fingerprint density at radius 1 is 1.12 bits per heavy atom. The summed E-state index contributed by atoms with van der Waals surface area (Å²) in [5, 5.41) is 3.94. The Hall–Kier alpha value is -2.14. The van der Waals surface area contributed by atoms with Crippen LogP contribution in [-0.4, -0.2) is 6.08 Å². The number of rotatable bonds is 1. The van der Waals surface area contributed by atoms with Gasteiger partial charge in [-0.2, -0.15) is 16.3 Å². The summed E-state index contributed by atoms with van der Waals surface area (Å²) in [4.78, 5) is 13.8. The van der Waals surface area contributed by atoms with Gasteiger partial charge in [0.15, 0.2) is 0 Å². The maximum atomic E-state index is 10.2. The van der Waals surface area contributed by atoms with E-state index >= 15 is 0 Å². The van der Waals surface area contributed by atoms with Crippen LogP contribution in [0.2, 0.25) is 0 Å². The second kappa shape index (κ2) is 5.09. The smallest absolute Gasteiger partial charge is 0.211 e. The first-order chi connectivity index (χ1) is 7.90. The van der Waals surface area contributed by atoms with Gasteiger partial charge >= 0.3 is 0 Å². The van der Waals surface area contributed by atoms with Crippen LogP contribution in [0.25, 0.3) is 0 Å². The van der Waals surface area contributed by atoms with Crippen molar-refractivity contribution in [2.45, 2.75) is 0 Å². The largest absolute Gasteiger partial charge is 0.240 e. The van der Waals surface area contributed by atoms with E-state index in [0.717, 1.165) is 11.1 Å². The van der Waals surface area contributed by atoms with Crippen molar-refractivity contribution in [3.63, 3.8) is 0 Å². The molecule has 0 spiro atoms. The van der Waals surface area contributed by atoms with Gasteiger partial charge in [0.2, 0.25) is 6.08 Å². The van der Waals surface area contributed by atoms with Crippen molar-refractivity contribution in [2.75, 3.05) is 0 Å². The SMILES string of the molecule is O=C=Nc1ccccc1C#Cc1ccsc1. The lowest BCUT2D eigenvalue weighted by Gasteiger charge is -1.93. The van der Waals surface area contributed by atoms with E-state index in [2.05, 4.69) is 16.8 Å². The van der Waals surface area contributed by atoms with Crippen LogP contribution in [0.1, 0.15) is 11.1 Å². The van der Waals surface area contributed by atoms with Crippen molar-refractivity contribution in [1.29, 1.82) is 0 Å². The molecule has 16 heavy (non-hydrogen) atoms. The number of hydrogen-bond donors (Lipinski definition) is 0. The molecule has 1 heterocycles. The summed E-state index contributed by atoms with van der Waals surface area (Å²) in [6.07, 6.45) is 1.53. The average Bonchev–Trinajstić information content (AvgIpc) is 2.81. The number of nitrogens with zero attached hydrogens (tertiary/aromatic N) is 1. The molecule has 3 heteroatoms. The van der Waals surface area contributed by atoms with Gasteiger partial charge in [0.1, 0.15) is 0 Å². The zero-order chi connectivity index (χ0) is 11.2.